The monoisotopic (exact) mass is 289 g/mol. The van der Waals surface area contributed by atoms with Crippen LogP contribution >= 0.6 is 0 Å². The van der Waals surface area contributed by atoms with Crippen LogP contribution in [0.1, 0.15) is 19.4 Å². The predicted molar refractivity (Wildman–Crippen MR) is 78.0 cm³/mol. The van der Waals surface area contributed by atoms with E-state index >= 15 is 0 Å². The second-order valence-corrected chi connectivity index (χ2v) is 4.48. The Labute approximate surface area is 119 Å². The van der Waals surface area contributed by atoms with E-state index in [2.05, 4.69) is 10.3 Å². The molecule has 2 rings (SSSR count). The van der Waals surface area contributed by atoms with E-state index in [4.69, 9.17) is 0 Å². The average Bonchev–Trinajstić information content (AvgIpc) is 2.38. The van der Waals surface area contributed by atoms with Crippen LogP contribution in [0.5, 0.6) is 5.88 Å². The van der Waals surface area contributed by atoms with Crippen molar-refractivity contribution in [1.82, 2.24) is 9.55 Å². The summed E-state index contributed by atoms with van der Waals surface area (Å²) in [5, 5.41) is 12.7. The number of hydrogen-bond donors (Lipinski definition) is 3. The van der Waals surface area contributed by atoms with Crippen LogP contribution in [0.2, 0.25) is 0 Å². The molecule has 1 amide bonds. The van der Waals surface area contributed by atoms with Crippen molar-refractivity contribution in [3.8, 4) is 11.6 Å². The van der Waals surface area contributed by atoms with E-state index in [0.717, 1.165) is 4.57 Å². The van der Waals surface area contributed by atoms with E-state index in [-0.39, 0.29) is 17.9 Å². The number of nitrogens with one attached hydrogen (secondary N) is 2. The number of benzene rings is 1. The smallest absolute Gasteiger partial charge is 0.335 e. The van der Waals surface area contributed by atoms with Crippen LogP contribution in [0, 0.1) is 0 Å². The second-order valence-electron chi connectivity index (χ2n) is 4.48. The molecule has 1 aromatic carbocycles. The Morgan fingerprint density at radius 1 is 1.38 bits per heavy atom. The highest BCUT2D eigenvalue weighted by atomic mass is 16.3. The number of aromatic nitrogens is 2. The lowest BCUT2D eigenvalue weighted by Crippen LogP contribution is -2.31. The first kappa shape index (κ1) is 14.6. The highest BCUT2D eigenvalue weighted by molar-refractivity contribution is 5.88. The van der Waals surface area contributed by atoms with Crippen LogP contribution in [0.3, 0.4) is 0 Å². The van der Waals surface area contributed by atoms with Crippen LogP contribution in [0.25, 0.3) is 5.69 Å². The van der Waals surface area contributed by atoms with Gasteiger partial charge < -0.3 is 10.4 Å². The highest BCUT2D eigenvalue weighted by Gasteiger charge is 2.14. The maximum absolute atomic E-state index is 11.9. The maximum atomic E-state index is 11.9. The number of amides is 1. The summed E-state index contributed by atoms with van der Waals surface area (Å²) in [5.74, 6) is -0.648. The van der Waals surface area contributed by atoms with Crippen molar-refractivity contribution < 1.29 is 9.90 Å². The molecular formula is C14H15N3O4. The fourth-order valence-corrected chi connectivity index (χ4v) is 2.05. The molecule has 0 aliphatic rings. The molecule has 21 heavy (non-hydrogen) atoms. The minimum absolute atomic E-state index is 0.125. The molecule has 0 aliphatic carbocycles. The first-order valence-corrected chi connectivity index (χ1v) is 6.39. The summed E-state index contributed by atoms with van der Waals surface area (Å²) in [6, 6.07) is 6.40. The molecule has 0 atom stereocenters. The number of H-pyrrole nitrogens is 1. The van der Waals surface area contributed by atoms with Gasteiger partial charge in [0.05, 0.1) is 11.3 Å². The Morgan fingerprint density at radius 2 is 2.10 bits per heavy atom. The molecule has 110 valence electrons. The third kappa shape index (κ3) is 2.86. The lowest BCUT2D eigenvalue weighted by Gasteiger charge is -2.11. The molecule has 1 aromatic heterocycles. The first-order valence-electron chi connectivity index (χ1n) is 6.39. The molecule has 7 heteroatoms. The summed E-state index contributed by atoms with van der Waals surface area (Å²) >= 11 is 0. The fourth-order valence-electron chi connectivity index (χ4n) is 2.05. The van der Waals surface area contributed by atoms with Gasteiger partial charge >= 0.3 is 5.69 Å². The molecule has 0 saturated carbocycles. The van der Waals surface area contributed by atoms with Crippen molar-refractivity contribution in [2.75, 3.05) is 5.32 Å². The molecule has 0 saturated heterocycles. The van der Waals surface area contributed by atoms with Gasteiger partial charge in [0.2, 0.25) is 11.8 Å². The lowest BCUT2D eigenvalue weighted by atomic mass is 10.2. The van der Waals surface area contributed by atoms with Crippen molar-refractivity contribution in [2.24, 2.45) is 0 Å². The van der Waals surface area contributed by atoms with Crippen LogP contribution in [0.4, 0.5) is 5.69 Å². The van der Waals surface area contributed by atoms with E-state index in [1.807, 2.05) is 0 Å². The number of rotatable bonds is 3. The molecule has 0 aliphatic heterocycles. The molecule has 7 nitrogen and oxygen atoms in total. The molecule has 1 heterocycles. The van der Waals surface area contributed by atoms with Gasteiger partial charge in [-0.05, 0) is 24.6 Å². The zero-order chi connectivity index (χ0) is 15.6. The van der Waals surface area contributed by atoms with Gasteiger partial charge in [-0.1, -0.05) is 13.0 Å². The summed E-state index contributed by atoms with van der Waals surface area (Å²) in [6.07, 6.45) is 0.285. The molecule has 0 spiro atoms. The zero-order valence-corrected chi connectivity index (χ0v) is 11.6. The Bertz CT molecular complexity index is 805. The van der Waals surface area contributed by atoms with Crippen LogP contribution < -0.4 is 16.6 Å². The average molecular weight is 289 g/mol. The number of aromatic hydroxyl groups is 1. The number of nitrogens with zero attached hydrogens (tertiary/aromatic N) is 1. The quantitative estimate of drug-likeness (QED) is 0.775. The van der Waals surface area contributed by atoms with Crippen LogP contribution in [0.15, 0.2) is 33.9 Å². The zero-order valence-electron chi connectivity index (χ0n) is 11.6. The molecule has 0 bridgehead atoms. The second kappa shape index (κ2) is 5.66. The van der Waals surface area contributed by atoms with Crippen molar-refractivity contribution in [3.05, 3.63) is 50.7 Å². The van der Waals surface area contributed by atoms with Crippen LogP contribution in [-0.2, 0) is 11.2 Å². The normalized spacial score (nSPS) is 10.4. The first-order chi connectivity index (χ1) is 9.93. The summed E-state index contributed by atoms with van der Waals surface area (Å²) in [5.41, 5.74) is -0.395. The summed E-state index contributed by atoms with van der Waals surface area (Å²) < 4.78 is 0.992. The predicted octanol–water partition coefficient (Wildman–Crippen LogP) is 0.752. The number of carbonyl (C=O) groups is 1. The Morgan fingerprint density at radius 3 is 2.71 bits per heavy atom. The summed E-state index contributed by atoms with van der Waals surface area (Å²) in [6.45, 7) is 3.07. The van der Waals surface area contributed by atoms with Gasteiger partial charge in [0.25, 0.3) is 5.56 Å². The van der Waals surface area contributed by atoms with Crippen molar-refractivity contribution >= 4 is 11.6 Å². The molecule has 0 fully saturated rings. The number of anilines is 1. The van der Waals surface area contributed by atoms with Crippen molar-refractivity contribution in [3.63, 3.8) is 0 Å². The Balaban J connectivity index is 2.65. The van der Waals surface area contributed by atoms with Gasteiger partial charge in [0.1, 0.15) is 0 Å². The largest absolute Gasteiger partial charge is 0.494 e. The molecule has 2 aromatic rings. The Hall–Kier alpha value is -2.83. The van der Waals surface area contributed by atoms with Gasteiger partial charge in [-0.3, -0.25) is 14.6 Å². The lowest BCUT2D eigenvalue weighted by molar-refractivity contribution is -0.114. The van der Waals surface area contributed by atoms with Gasteiger partial charge in [-0.25, -0.2) is 9.36 Å². The minimum atomic E-state index is -0.741. The van der Waals surface area contributed by atoms with Gasteiger partial charge in [0.15, 0.2) is 0 Å². The summed E-state index contributed by atoms with van der Waals surface area (Å²) in [4.78, 5) is 36.8. The third-order valence-electron chi connectivity index (χ3n) is 2.96. The van der Waals surface area contributed by atoms with Gasteiger partial charge in [0, 0.05) is 12.6 Å². The number of aromatic amines is 1. The molecular weight excluding hydrogens is 274 g/mol. The van der Waals surface area contributed by atoms with Crippen molar-refractivity contribution in [1.29, 1.82) is 0 Å². The van der Waals surface area contributed by atoms with Crippen LogP contribution in [-0.4, -0.2) is 20.6 Å². The Kier molecular flexibility index (Phi) is 3.93. The van der Waals surface area contributed by atoms with Gasteiger partial charge in [-0.2, -0.15) is 0 Å². The number of hydrogen-bond acceptors (Lipinski definition) is 4. The van der Waals surface area contributed by atoms with E-state index in [1.54, 1.807) is 25.1 Å². The van der Waals surface area contributed by atoms with E-state index in [0.29, 0.717) is 11.4 Å². The summed E-state index contributed by atoms with van der Waals surface area (Å²) in [7, 11) is 0. The topological polar surface area (TPSA) is 104 Å². The highest BCUT2D eigenvalue weighted by Crippen LogP contribution is 2.19. The standard InChI is InChI=1S/C14H15N3O4/c1-3-11-12(19)16-14(21)17(13(11)20)10-6-4-5-9(7-10)15-8(2)18/h4-7,20H,3H2,1-2H3,(H,15,18)(H,16,19,21). The third-order valence-corrected chi connectivity index (χ3v) is 2.96. The maximum Gasteiger partial charge on any atom is 0.335 e. The number of carbonyl (C=O) groups excluding carboxylic acids is 1. The van der Waals surface area contributed by atoms with E-state index < -0.39 is 17.1 Å². The minimum Gasteiger partial charge on any atom is -0.494 e. The van der Waals surface area contributed by atoms with Crippen molar-refractivity contribution in [2.45, 2.75) is 20.3 Å². The van der Waals surface area contributed by atoms with Gasteiger partial charge in [-0.15, -0.1) is 0 Å². The fraction of sp³-hybridized carbons (Fsp3) is 0.214. The molecule has 0 unspecified atom stereocenters. The molecule has 3 N–H and O–H groups in total. The van der Waals surface area contributed by atoms with E-state index in [9.17, 15) is 19.5 Å². The molecule has 0 radical (unpaired) electrons. The SMILES string of the molecule is CCc1c(O)n(-c2cccc(NC(C)=O)c2)c(=O)[nH]c1=O. The van der Waals surface area contributed by atoms with E-state index in [1.165, 1.54) is 13.0 Å².